The van der Waals surface area contributed by atoms with Gasteiger partial charge in [-0.2, -0.15) is 0 Å². The molecule has 0 aliphatic carbocycles. The van der Waals surface area contributed by atoms with Crippen LogP contribution in [0.3, 0.4) is 0 Å². The van der Waals surface area contributed by atoms with Crippen molar-refractivity contribution in [2.45, 2.75) is 6.04 Å². The van der Waals surface area contributed by atoms with Gasteiger partial charge in [0.05, 0.1) is 12.8 Å². The summed E-state index contributed by atoms with van der Waals surface area (Å²) in [6.45, 7) is 0. The highest BCUT2D eigenvalue weighted by Gasteiger charge is 2.41. The van der Waals surface area contributed by atoms with E-state index in [-0.39, 0.29) is 5.91 Å². The number of hydrogen-bond acceptors (Lipinski definition) is 3. The molecule has 1 saturated heterocycles. The van der Waals surface area contributed by atoms with Crippen molar-refractivity contribution in [3.8, 4) is 5.75 Å². The lowest BCUT2D eigenvalue weighted by Crippen LogP contribution is -2.30. The van der Waals surface area contributed by atoms with Crippen molar-refractivity contribution < 1.29 is 9.53 Å². The lowest BCUT2D eigenvalue weighted by Gasteiger charge is -2.18. The number of nitrogens with zero attached hydrogens (tertiary/aromatic N) is 2. The van der Waals surface area contributed by atoms with Crippen molar-refractivity contribution in [1.29, 1.82) is 0 Å². The van der Waals surface area contributed by atoms with E-state index in [0.717, 1.165) is 17.0 Å². The number of hydrogen-bond donors (Lipinski definition) is 0. The molecule has 1 heterocycles. The minimum absolute atomic E-state index is 0.0381. The van der Waals surface area contributed by atoms with E-state index in [1.807, 2.05) is 66.5 Å². The van der Waals surface area contributed by atoms with Crippen LogP contribution in [0.15, 0.2) is 54.6 Å². The van der Waals surface area contributed by atoms with Crippen LogP contribution in [0.1, 0.15) is 11.6 Å². The molecule has 0 spiro atoms. The molecule has 2 aromatic carbocycles. The van der Waals surface area contributed by atoms with Gasteiger partial charge in [0.15, 0.2) is 5.11 Å². The minimum atomic E-state index is -0.404. The summed E-state index contributed by atoms with van der Waals surface area (Å²) in [5.41, 5.74) is 1.69. The molecular formula is C17H16N2O2S. The number of ether oxygens (including phenoxy) is 1. The normalized spacial score (nSPS) is 18.0. The first kappa shape index (κ1) is 14.5. The highest BCUT2D eigenvalue weighted by atomic mass is 32.1. The molecule has 0 aromatic heterocycles. The monoisotopic (exact) mass is 312 g/mol. The second kappa shape index (κ2) is 5.77. The number of rotatable bonds is 3. The van der Waals surface area contributed by atoms with Crippen LogP contribution >= 0.6 is 12.2 Å². The molecule has 112 valence electrons. The van der Waals surface area contributed by atoms with Gasteiger partial charge < -0.3 is 9.64 Å². The Morgan fingerprint density at radius 1 is 1.05 bits per heavy atom. The summed E-state index contributed by atoms with van der Waals surface area (Å²) in [6, 6.07) is 16.6. The van der Waals surface area contributed by atoms with E-state index >= 15 is 0 Å². The first-order valence-corrected chi connectivity index (χ1v) is 7.34. The van der Waals surface area contributed by atoms with Gasteiger partial charge in [0.25, 0.3) is 5.91 Å². The van der Waals surface area contributed by atoms with E-state index in [4.69, 9.17) is 17.0 Å². The smallest absolute Gasteiger partial charge is 0.260 e. The summed E-state index contributed by atoms with van der Waals surface area (Å²) in [6.07, 6.45) is 0. The molecular weight excluding hydrogens is 296 g/mol. The summed E-state index contributed by atoms with van der Waals surface area (Å²) >= 11 is 5.45. The Labute approximate surface area is 134 Å². The molecule has 1 fully saturated rings. The van der Waals surface area contributed by atoms with Gasteiger partial charge >= 0.3 is 0 Å². The van der Waals surface area contributed by atoms with Gasteiger partial charge in [0.2, 0.25) is 0 Å². The van der Waals surface area contributed by atoms with Crippen molar-refractivity contribution in [2.24, 2.45) is 0 Å². The fraction of sp³-hybridized carbons (Fsp3) is 0.176. The number of methoxy groups -OCH3 is 1. The fourth-order valence-electron chi connectivity index (χ4n) is 2.62. The number of carbonyl (C=O) groups excluding carboxylic acids is 1. The maximum atomic E-state index is 12.8. The molecule has 0 bridgehead atoms. The number of likely N-dealkylation sites (N-methyl/N-ethyl adjacent to an activating group) is 1. The Hall–Kier alpha value is -2.40. The summed E-state index contributed by atoms with van der Waals surface area (Å²) in [5.74, 6) is 0.725. The largest absolute Gasteiger partial charge is 0.497 e. The topological polar surface area (TPSA) is 32.8 Å². The predicted octanol–water partition coefficient (Wildman–Crippen LogP) is 3.00. The molecule has 0 unspecified atom stereocenters. The summed E-state index contributed by atoms with van der Waals surface area (Å²) < 4.78 is 5.16. The molecule has 4 nitrogen and oxygen atoms in total. The van der Waals surface area contributed by atoms with Gasteiger partial charge in [-0.3, -0.25) is 9.69 Å². The number of amides is 1. The van der Waals surface area contributed by atoms with E-state index in [9.17, 15) is 4.79 Å². The average molecular weight is 312 g/mol. The zero-order chi connectivity index (χ0) is 15.7. The Morgan fingerprint density at radius 2 is 1.68 bits per heavy atom. The molecule has 1 aliphatic rings. The highest BCUT2D eigenvalue weighted by molar-refractivity contribution is 7.80. The van der Waals surface area contributed by atoms with Gasteiger partial charge in [-0.15, -0.1) is 0 Å². The van der Waals surface area contributed by atoms with Crippen LogP contribution < -0.4 is 9.64 Å². The first-order chi connectivity index (χ1) is 10.6. The van der Waals surface area contributed by atoms with Gasteiger partial charge in [0.1, 0.15) is 11.8 Å². The minimum Gasteiger partial charge on any atom is -0.497 e. The maximum Gasteiger partial charge on any atom is 0.260 e. The van der Waals surface area contributed by atoms with Gasteiger partial charge in [-0.25, -0.2) is 0 Å². The number of thiocarbonyl (C=S) groups is 1. The molecule has 0 radical (unpaired) electrons. The number of benzene rings is 2. The third-order valence-corrected chi connectivity index (χ3v) is 4.25. The van der Waals surface area contributed by atoms with E-state index in [0.29, 0.717) is 5.11 Å². The lowest BCUT2D eigenvalue weighted by molar-refractivity contribution is -0.119. The predicted molar refractivity (Wildman–Crippen MR) is 90.0 cm³/mol. The van der Waals surface area contributed by atoms with Gasteiger partial charge in [-0.1, -0.05) is 30.3 Å². The van der Waals surface area contributed by atoms with Crippen LogP contribution in [0.2, 0.25) is 0 Å². The molecule has 0 saturated carbocycles. The van der Waals surface area contributed by atoms with E-state index < -0.39 is 6.04 Å². The molecule has 3 rings (SSSR count). The van der Waals surface area contributed by atoms with Crippen LogP contribution in [0.5, 0.6) is 5.75 Å². The molecule has 0 N–H and O–H groups in total. The van der Waals surface area contributed by atoms with Crippen molar-refractivity contribution in [3.63, 3.8) is 0 Å². The van der Waals surface area contributed by atoms with Gasteiger partial charge in [0, 0.05) is 7.05 Å². The summed E-state index contributed by atoms with van der Waals surface area (Å²) in [5, 5.41) is 0.511. The van der Waals surface area contributed by atoms with Crippen LogP contribution in [-0.2, 0) is 4.79 Å². The van der Waals surface area contributed by atoms with E-state index in [2.05, 4.69) is 0 Å². The molecule has 22 heavy (non-hydrogen) atoms. The third-order valence-electron chi connectivity index (χ3n) is 3.78. The number of anilines is 1. The highest BCUT2D eigenvalue weighted by Crippen LogP contribution is 2.33. The molecule has 5 heteroatoms. The molecule has 1 amide bonds. The fourth-order valence-corrected chi connectivity index (χ4v) is 2.92. The second-order valence-electron chi connectivity index (χ2n) is 5.08. The van der Waals surface area contributed by atoms with Gasteiger partial charge in [-0.05, 0) is 42.0 Å². The van der Waals surface area contributed by atoms with Crippen molar-refractivity contribution >= 4 is 28.9 Å². The lowest BCUT2D eigenvalue weighted by atomic mass is 10.1. The second-order valence-corrected chi connectivity index (χ2v) is 5.44. The first-order valence-electron chi connectivity index (χ1n) is 6.93. The van der Waals surface area contributed by atoms with Crippen LogP contribution in [-0.4, -0.2) is 30.1 Å². The Bertz CT molecular complexity index is 700. The molecule has 1 aliphatic heterocycles. The van der Waals surface area contributed by atoms with Crippen LogP contribution in [0.25, 0.3) is 0 Å². The maximum absolute atomic E-state index is 12.8. The average Bonchev–Trinajstić information content (AvgIpc) is 2.78. The zero-order valence-electron chi connectivity index (χ0n) is 12.4. The van der Waals surface area contributed by atoms with Crippen molar-refractivity contribution in [3.05, 3.63) is 60.2 Å². The van der Waals surface area contributed by atoms with E-state index in [1.54, 1.807) is 12.0 Å². The number of para-hydroxylation sites is 1. The Morgan fingerprint density at radius 3 is 2.27 bits per heavy atom. The van der Waals surface area contributed by atoms with Crippen molar-refractivity contribution in [1.82, 2.24) is 4.90 Å². The standard InChI is InChI=1S/C17H16N2O2S/c1-18-15(12-8-10-14(21-2)11-9-12)16(20)19(17(18)22)13-6-4-3-5-7-13/h3-11,15H,1-2H3/t15-/m1/s1. The Kier molecular flexibility index (Phi) is 3.81. The quantitative estimate of drug-likeness (QED) is 0.816. The molecule has 2 aromatic rings. The van der Waals surface area contributed by atoms with Crippen molar-refractivity contribution in [2.75, 3.05) is 19.1 Å². The van der Waals surface area contributed by atoms with E-state index in [1.165, 1.54) is 0 Å². The summed E-state index contributed by atoms with van der Waals surface area (Å²) in [7, 11) is 3.46. The Balaban J connectivity index is 1.96. The van der Waals surface area contributed by atoms with Crippen LogP contribution in [0, 0.1) is 0 Å². The SMILES string of the molecule is COc1ccc([C@@H]2C(=O)N(c3ccccc3)C(=S)N2C)cc1. The third kappa shape index (κ3) is 2.33. The zero-order valence-corrected chi connectivity index (χ0v) is 13.2. The van der Waals surface area contributed by atoms with Crippen LogP contribution in [0.4, 0.5) is 5.69 Å². The molecule has 1 atom stereocenters. The number of carbonyl (C=O) groups is 1. The summed E-state index contributed by atoms with van der Waals surface area (Å²) in [4.78, 5) is 16.3.